The fourth-order valence-electron chi connectivity index (χ4n) is 1.68. The van der Waals surface area contributed by atoms with Crippen molar-refractivity contribution in [2.24, 2.45) is 0 Å². The summed E-state index contributed by atoms with van der Waals surface area (Å²) in [5, 5.41) is 12.9. The summed E-state index contributed by atoms with van der Waals surface area (Å²) in [5.74, 6) is 0.486. The Kier molecular flexibility index (Phi) is 3.18. The number of nitrogens with zero attached hydrogens (tertiary/aromatic N) is 4. The number of hydrogen-bond donors (Lipinski definition) is 2. The molecule has 0 aromatic carbocycles. The highest BCUT2D eigenvalue weighted by Crippen LogP contribution is 2.21. The zero-order valence-corrected chi connectivity index (χ0v) is 11.1. The lowest BCUT2D eigenvalue weighted by atomic mass is 10.4. The second-order valence-corrected chi connectivity index (χ2v) is 5.94. The first-order valence-corrected chi connectivity index (χ1v) is 6.69. The summed E-state index contributed by atoms with van der Waals surface area (Å²) in [6, 6.07) is 0. The largest absolute Gasteiger partial charge is 0.281 e. The second-order valence-electron chi connectivity index (χ2n) is 3.96. The van der Waals surface area contributed by atoms with Crippen LogP contribution in [0.15, 0.2) is 11.2 Å². The van der Waals surface area contributed by atoms with Crippen molar-refractivity contribution < 1.29 is 8.42 Å². The molecule has 0 atom stereocenters. The maximum atomic E-state index is 12.4. The third kappa shape index (κ3) is 2.14. The van der Waals surface area contributed by atoms with Crippen LogP contribution in [0, 0.1) is 13.8 Å². The molecule has 0 aliphatic carbocycles. The Hall–Kier alpha value is -1.74. The first-order chi connectivity index (χ1) is 8.43. The van der Waals surface area contributed by atoms with Crippen molar-refractivity contribution in [1.82, 2.24) is 29.7 Å². The standard InChI is InChI=1S/C9H14N6O2S/c1-6-9(7(2)13-12-6)18(16,17)15(3)4-8-10-5-11-14-8/h5H,4H2,1-3H3,(H,12,13)(H,10,11,14). The van der Waals surface area contributed by atoms with Crippen LogP contribution in [-0.4, -0.2) is 45.1 Å². The minimum absolute atomic E-state index is 0.131. The SMILES string of the molecule is Cc1n[nH]c(C)c1S(=O)(=O)N(C)Cc1ncn[nH]1. The molecule has 0 bridgehead atoms. The van der Waals surface area contributed by atoms with Crippen LogP contribution in [0.3, 0.4) is 0 Å². The van der Waals surface area contributed by atoms with Gasteiger partial charge in [-0.1, -0.05) is 0 Å². The lowest BCUT2D eigenvalue weighted by molar-refractivity contribution is 0.456. The van der Waals surface area contributed by atoms with Crippen LogP contribution < -0.4 is 0 Å². The average molecular weight is 270 g/mol. The van der Waals surface area contributed by atoms with Gasteiger partial charge in [0.15, 0.2) is 0 Å². The van der Waals surface area contributed by atoms with E-state index in [-0.39, 0.29) is 11.4 Å². The molecular formula is C9H14N6O2S. The Morgan fingerprint density at radius 1 is 1.33 bits per heavy atom. The predicted octanol–water partition coefficient (Wildman–Crippen LogP) is -0.0347. The second kappa shape index (κ2) is 4.50. The summed E-state index contributed by atoms with van der Waals surface area (Å²) in [4.78, 5) is 4.11. The van der Waals surface area contributed by atoms with E-state index < -0.39 is 10.0 Å². The Labute approximate surface area is 104 Å². The number of aromatic amines is 2. The first-order valence-electron chi connectivity index (χ1n) is 5.25. The number of aryl methyl sites for hydroxylation is 2. The van der Waals surface area contributed by atoms with Crippen molar-refractivity contribution >= 4 is 10.0 Å². The van der Waals surface area contributed by atoms with E-state index >= 15 is 0 Å². The molecule has 0 aliphatic heterocycles. The third-order valence-electron chi connectivity index (χ3n) is 2.57. The molecule has 2 aromatic heterocycles. The van der Waals surface area contributed by atoms with Crippen molar-refractivity contribution in [3.63, 3.8) is 0 Å². The number of sulfonamides is 1. The molecule has 9 heteroatoms. The van der Waals surface area contributed by atoms with Gasteiger partial charge in [0, 0.05) is 7.05 Å². The van der Waals surface area contributed by atoms with E-state index in [4.69, 9.17) is 0 Å². The van der Waals surface area contributed by atoms with Crippen molar-refractivity contribution in [2.45, 2.75) is 25.3 Å². The van der Waals surface area contributed by atoms with Gasteiger partial charge in [0.1, 0.15) is 17.0 Å². The summed E-state index contributed by atoms with van der Waals surface area (Å²) >= 11 is 0. The molecule has 18 heavy (non-hydrogen) atoms. The monoisotopic (exact) mass is 270 g/mol. The van der Waals surface area contributed by atoms with Gasteiger partial charge < -0.3 is 0 Å². The van der Waals surface area contributed by atoms with E-state index in [0.717, 1.165) is 0 Å². The predicted molar refractivity (Wildman–Crippen MR) is 63.1 cm³/mol. The number of H-pyrrole nitrogens is 2. The fraction of sp³-hybridized carbons (Fsp3) is 0.444. The number of nitrogens with one attached hydrogen (secondary N) is 2. The lowest BCUT2D eigenvalue weighted by Gasteiger charge is -2.15. The van der Waals surface area contributed by atoms with E-state index in [0.29, 0.717) is 17.2 Å². The van der Waals surface area contributed by atoms with E-state index in [1.54, 1.807) is 13.8 Å². The Morgan fingerprint density at radius 2 is 2.06 bits per heavy atom. The molecule has 0 aliphatic rings. The molecule has 0 saturated heterocycles. The van der Waals surface area contributed by atoms with Crippen molar-refractivity contribution in [2.75, 3.05) is 7.05 Å². The van der Waals surface area contributed by atoms with Crippen LogP contribution >= 0.6 is 0 Å². The van der Waals surface area contributed by atoms with Crippen molar-refractivity contribution in [3.05, 3.63) is 23.5 Å². The van der Waals surface area contributed by atoms with Crippen LogP contribution in [0.25, 0.3) is 0 Å². The van der Waals surface area contributed by atoms with Gasteiger partial charge in [0.05, 0.1) is 17.9 Å². The topological polar surface area (TPSA) is 108 Å². The molecule has 98 valence electrons. The Bertz CT molecular complexity index is 611. The van der Waals surface area contributed by atoms with E-state index in [2.05, 4.69) is 25.4 Å². The Balaban J connectivity index is 2.32. The summed E-state index contributed by atoms with van der Waals surface area (Å²) in [7, 11) is -2.09. The smallest absolute Gasteiger partial charge is 0.246 e. The van der Waals surface area contributed by atoms with Crippen LogP contribution in [0.5, 0.6) is 0 Å². The van der Waals surface area contributed by atoms with Gasteiger partial charge in [0.25, 0.3) is 0 Å². The quantitative estimate of drug-likeness (QED) is 0.810. The minimum Gasteiger partial charge on any atom is -0.281 e. The molecule has 0 spiro atoms. The number of hydrogen-bond acceptors (Lipinski definition) is 5. The molecule has 0 fully saturated rings. The average Bonchev–Trinajstić information content (AvgIpc) is 2.89. The maximum absolute atomic E-state index is 12.4. The zero-order valence-electron chi connectivity index (χ0n) is 10.3. The highest BCUT2D eigenvalue weighted by molar-refractivity contribution is 7.89. The molecule has 2 N–H and O–H groups in total. The normalized spacial score (nSPS) is 12.2. The van der Waals surface area contributed by atoms with Gasteiger partial charge in [-0.25, -0.2) is 13.4 Å². The van der Waals surface area contributed by atoms with Gasteiger partial charge in [-0.2, -0.15) is 14.5 Å². The van der Waals surface area contributed by atoms with Crippen molar-refractivity contribution in [3.8, 4) is 0 Å². The maximum Gasteiger partial charge on any atom is 0.246 e. The Morgan fingerprint density at radius 3 is 2.56 bits per heavy atom. The molecular weight excluding hydrogens is 256 g/mol. The molecule has 0 unspecified atom stereocenters. The number of rotatable bonds is 4. The summed E-state index contributed by atoms with van der Waals surface area (Å²) in [6.45, 7) is 3.46. The fourth-order valence-corrected chi connectivity index (χ4v) is 3.13. The van der Waals surface area contributed by atoms with Gasteiger partial charge in [-0.15, -0.1) is 0 Å². The molecule has 2 rings (SSSR count). The first kappa shape index (κ1) is 12.7. The van der Waals surface area contributed by atoms with E-state index in [9.17, 15) is 8.42 Å². The molecule has 0 radical (unpaired) electrons. The molecule has 2 heterocycles. The van der Waals surface area contributed by atoms with E-state index in [1.165, 1.54) is 17.7 Å². The van der Waals surface area contributed by atoms with Crippen LogP contribution in [0.4, 0.5) is 0 Å². The summed E-state index contributed by atoms with van der Waals surface area (Å²) < 4.78 is 25.9. The lowest BCUT2D eigenvalue weighted by Crippen LogP contribution is -2.27. The zero-order chi connectivity index (χ0) is 13.3. The molecule has 0 saturated carbocycles. The molecule has 0 amide bonds. The highest BCUT2D eigenvalue weighted by atomic mass is 32.2. The molecule has 8 nitrogen and oxygen atoms in total. The number of aromatic nitrogens is 5. The van der Waals surface area contributed by atoms with E-state index in [1.807, 2.05) is 0 Å². The summed E-state index contributed by atoms with van der Waals surface area (Å²) in [6.07, 6.45) is 1.34. The molecule has 2 aromatic rings. The minimum atomic E-state index is -3.58. The van der Waals surface area contributed by atoms with Crippen molar-refractivity contribution in [1.29, 1.82) is 0 Å². The van der Waals surface area contributed by atoms with Gasteiger partial charge in [0.2, 0.25) is 10.0 Å². The third-order valence-corrected chi connectivity index (χ3v) is 4.63. The van der Waals surface area contributed by atoms with Crippen LogP contribution in [0.2, 0.25) is 0 Å². The van der Waals surface area contributed by atoms with Gasteiger partial charge >= 0.3 is 0 Å². The van der Waals surface area contributed by atoms with Gasteiger partial charge in [-0.05, 0) is 13.8 Å². The highest BCUT2D eigenvalue weighted by Gasteiger charge is 2.27. The van der Waals surface area contributed by atoms with Crippen LogP contribution in [-0.2, 0) is 16.6 Å². The van der Waals surface area contributed by atoms with Gasteiger partial charge in [-0.3, -0.25) is 10.2 Å². The summed E-state index contributed by atoms with van der Waals surface area (Å²) in [5.41, 5.74) is 0.980. The van der Waals surface area contributed by atoms with Crippen LogP contribution in [0.1, 0.15) is 17.2 Å².